The van der Waals surface area contributed by atoms with Gasteiger partial charge in [-0.25, -0.2) is 17.9 Å². The minimum Gasteiger partial charge on any atom is -0.374 e. The van der Waals surface area contributed by atoms with Crippen LogP contribution >= 0.6 is 0 Å². The molecule has 9 heteroatoms. The lowest BCUT2D eigenvalue weighted by Gasteiger charge is -2.10. The normalized spacial score (nSPS) is 12.5. The molecule has 0 spiro atoms. The second kappa shape index (κ2) is 4.49. The summed E-state index contributed by atoms with van der Waals surface area (Å²) in [7, 11) is -4.08. The Balaban J connectivity index is 2.92. The predicted molar refractivity (Wildman–Crippen MR) is 52.3 cm³/mol. The minimum absolute atomic E-state index is 0.449. The molecule has 0 saturated heterocycles. The molecular formula is C8H8F4N2O2S. The topological polar surface area (TPSA) is 72.2 Å². The number of nitrogens with one attached hydrogen (secondary N) is 1. The van der Waals surface area contributed by atoms with Gasteiger partial charge in [0.2, 0.25) is 10.0 Å². The van der Waals surface area contributed by atoms with Crippen LogP contribution in [0, 0.1) is 5.82 Å². The molecule has 3 N–H and O–H groups in total. The first-order valence-electron chi connectivity index (χ1n) is 4.22. The van der Waals surface area contributed by atoms with Crippen molar-refractivity contribution in [2.45, 2.75) is 11.1 Å². The maximum atomic E-state index is 13.2. The number of rotatable bonds is 3. The summed E-state index contributed by atoms with van der Waals surface area (Å²) in [5.74, 6) is -1.12. The Labute approximate surface area is 94.5 Å². The van der Waals surface area contributed by atoms with Gasteiger partial charge in [0.1, 0.15) is 12.4 Å². The van der Waals surface area contributed by atoms with Gasteiger partial charge in [-0.2, -0.15) is 13.2 Å². The monoisotopic (exact) mass is 272 g/mol. The van der Waals surface area contributed by atoms with Crippen molar-refractivity contribution in [3.05, 3.63) is 24.0 Å². The number of hydrogen-bond acceptors (Lipinski definition) is 3. The van der Waals surface area contributed by atoms with Gasteiger partial charge in [0.15, 0.2) is 0 Å². The van der Waals surface area contributed by atoms with E-state index in [4.69, 9.17) is 5.14 Å². The van der Waals surface area contributed by atoms with Gasteiger partial charge in [-0.05, 0) is 18.2 Å². The van der Waals surface area contributed by atoms with Crippen LogP contribution in [-0.4, -0.2) is 21.1 Å². The summed E-state index contributed by atoms with van der Waals surface area (Å²) in [6.45, 7) is -1.42. The third kappa shape index (κ3) is 4.19. The van der Waals surface area contributed by atoms with Gasteiger partial charge in [-0.3, -0.25) is 0 Å². The summed E-state index contributed by atoms with van der Waals surface area (Å²) in [4.78, 5) is -0.507. The van der Waals surface area contributed by atoms with E-state index in [1.165, 1.54) is 0 Å². The third-order valence-electron chi connectivity index (χ3n) is 1.75. The maximum Gasteiger partial charge on any atom is 0.405 e. The van der Waals surface area contributed by atoms with Crippen LogP contribution in [0.1, 0.15) is 0 Å². The Morgan fingerprint density at radius 3 is 2.29 bits per heavy atom. The van der Waals surface area contributed by atoms with Crippen molar-refractivity contribution in [2.75, 3.05) is 11.9 Å². The summed E-state index contributed by atoms with van der Waals surface area (Å²) in [6, 6.07) is 2.34. The fourth-order valence-electron chi connectivity index (χ4n) is 1.01. The van der Waals surface area contributed by atoms with Gasteiger partial charge < -0.3 is 5.32 Å². The highest BCUT2D eigenvalue weighted by Gasteiger charge is 2.27. The van der Waals surface area contributed by atoms with Gasteiger partial charge in [0, 0.05) is 0 Å². The first-order valence-corrected chi connectivity index (χ1v) is 5.77. The van der Waals surface area contributed by atoms with E-state index in [0.717, 1.165) is 12.1 Å². The number of anilines is 1. The molecule has 0 amide bonds. The van der Waals surface area contributed by atoms with Crippen LogP contribution in [0.5, 0.6) is 0 Å². The van der Waals surface area contributed by atoms with Gasteiger partial charge in [0.05, 0.1) is 10.6 Å². The Hall–Kier alpha value is -1.35. The molecule has 0 aliphatic heterocycles. The zero-order valence-electron chi connectivity index (χ0n) is 8.25. The standard InChI is InChI=1S/C8H8F4N2O2S/c9-6-3-5(17(13,15)16)1-2-7(6)14-4-8(10,11)12/h1-3,14H,4H2,(H2,13,15,16). The number of halogens is 4. The lowest BCUT2D eigenvalue weighted by molar-refractivity contribution is -0.115. The molecule has 4 nitrogen and oxygen atoms in total. The molecule has 0 atom stereocenters. The average molecular weight is 272 g/mol. The Kier molecular flexibility index (Phi) is 3.62. The Morgan fingerprint density at radius 2 is 1.88 bits per heavy atom. The quantitative estimate of drug-likeness (QED) is 0.818. The Morgan fingerprint density at radius 1 is 1.29 bits per heavy atom. The number of nitrogens with two attached hydrogens (primary N) is 1. The highest BCUT2D eigenvalue weighted by Crippen LogP contribution is 2.21. The van der Waals surface area contributed by atoms with Crippen LogP contribution in [0.2, 0.25) is 0 Å². The van der Waals surface area contributed by atoms with E-state index < -0.39 is 39.1 Å². The molecule has 0 bridgehead atoms. The van der Waals surface area contributed by atoms with Crippen LogP contribution < -0.4 is 10.5 Å². The van der Waals surface area contributed by atoms with Crippen molar-refractivity contribution < 1.29 is 26.0 Å². The van der Waals surface area contributed by atoms with Crippen LogP contribution in [0.3, 0.4) is 0 Å². The zero-order valence-corrected chi connectivity index (χ0v) is 9.07. The van der Waals surface area contributed by atoms with Crippen molar-refractivity contribution in [3.8, 4) is 0 Å². The van der Waals surface area contributed by atoms with Gasteiger partial charge >= 0.3 is 6.18 Å². The summed E-state index contributed by atoms with van der Waals surface area (Å²) >= 11 is 0. The van der Waals surface area contributed by atoms with Crippen molar-refractivity contribution in [2.24, 2.45) is 5.14 Å². The van der Waals surface area contributed by atoms with E-state index in [-0.39, 0.29) is 0 Å². The van der Waals surface area contributed by atoms with Gasteiger partial charge in [-0.1, -0.05) is 0 Å². The van der Waals surface area contributed by atoms with Crippen LogP contribution in [0.15, 0.2) is 23.1 Å². The number of alkyl halides is 3. The first-order chi connectivity index (χ1) is 7.59. The first kappa shape index (κ1) is 13.7. The fraction of sp³-hybridized carbons (Fsp3) is 0.250. The van der Waals surface area contributed by atoms with Crippen LogP contribution in [0.25, 0.3) is 0 Å². The SMILES string of the molecule is NS(=O)(=O)c1ccc(NCC(F)(F)F)c(F)c1. The molecule has 96 valence electrons. The molecule has 0 saturated carbocycles. The minimum atomic E-state index is -4.49. The number of hydrogen-bond donors (Lipinski definition) is 2. The van der Waals surface area contributed by atoms with E-state index in [2.05, 4.69) is 0 Å². The summed E-state index contributed by atoms with van der Waals surface area (Å²) in [6.07, 6.45) is -4.49. The van der Waals surface area contributed by atoms with E-state index >= 15 is 0 Å². The second-order valence-electron chi connectivity index (χ2n) is 3.16. The molecule has 0 fully saturated rings. The maximum absolute atomic E-state index is 13.2. The van der Waals surface area contributed by atoms with Gasteiger partial charge in [0.25, 0.3) is 0 Å². The van der Waals surface area contributed by atoms with E-state index in [1.54, 1.807) is 5.32 Å². The molecule has 1 aromatic rings. The van der Waals surface area contributed by atoms with E-state index in [9.17, 15) is 26.0 Å². The lowest BCUT2D eigenvalue weighted by atomic mass is 10.3. The summed E-state index contributed by atoms with van der Waals surface area (Å²) < 4.78 is 70.4. The molecule has 0 aliphatic rings. The van der Waals surface area contributed by atoms with Crippen LogP contribution in [-0.2, 0) is 10.0 Å². The third-order valence-corrected chi connectivity index (χ3v) is 2.66. The Bertz CT molecular complexity index is 513. The lowest BCUT2D eigenvalue weighted by Crippen LogP contribution is -2.22. The zero-order chi connectivity index (χ0) is 13.3. The highest BCUT2D eigenvalue weighted by molar-refractivity contribution is 7.89. The van der Waals surface area contributed by atoms with E-state index in [1.807, 2.05) is 0 Å². The molecule has 0 unspecified atom stereocenters. The highest BCUT2D eigenvalue weighted by atomic mass is 32.2. The van der Waals surface area contributed by atoms with Crippen molar-refractivity contribution >= 4 is 15.7 Å². The molecule has 17 heavy (non-hydrogen) atoms. The predicted octanol–water partition coefficient (Wildman–Crippen LogP) is 1.45. The fourth-order valence-corrected chi connectivity index (χ4v) is 1.54. The number of primary sulfonamides is 1. The molecule has 0 radical (unpaired) electrons. The summed E-state index contributed by atoms with van der Waals surface area (Å²) in [5.41, 5.74) is -0.449. The van der Waals surface area contributed by atoms with Crippen molar-refractivity contribution in [3.63, 3.8) is 0 Å². The van der Waals surface area contributed by atoms with Crippen molar-refractivity contribution in [1.82, 2.24) is 0 Å². The number of benzene rings is 1. The summed E-state index contributed by atoms with van der Waals surface area (Å²) in [5, 5.41) is 6.52. The molecule has 0 heterocycles. The van der Waals surface area contributed by atoms with Crippen LogP contribution in [0.4, 0.5) is 23.2 Å². The average Bonchev–Trinajstić information content (AvgIpc) is 2.12. The molecule has 1 aromatic carbocycles. The van der Waals surface area contributed by atoms with Gasteiger partial charge in [-0.15, -0.1) is 0 Å². The number of sulfonamides is 1. The largest absolute Gasteiger partial charge is 0.405 e. The smallest absolute Gasteiger partial charge is 0.374 e. The molecular weight excluding hydrogens is 264 g/mol. The molecule has 0 aliphatic carbocycles. The molecule has 1 rings (SSSR count). The molecule has 0 aromatic heterocycles. The van der Waals surface area contributed by atoms with E-state index in [0.29, 0.717) is 6.07 Å². The van der Waals surface area contributed by atoms with Crippen molar-refractivity contribution in [1.29, 1.82) is 0 Å². The second-order valence-corrected chi connectivity index (χ2v) is 4.72.